The van der Waals surface area contributed by atoms with Gasteiger partial charge in [0.1, 0.15) is 0 Å². The van der Waals surface area contributed by atoms with E-state index in [1.165, 1.54) is 18.6 Å². The van der Waals surface area contributed by atoms with E-state index in [9.17, 15) is 8.78 Å². The van der Waals surface area contributed by atoms with Crippen LogP contribution in [0.25, 0.3) is 0 Å². The lowest BCUT2D eigenvalue weighted by atomic mass is 9.81. The van der Waals surface area contributed by atoms with Crippen LogP contribution in [-0.4, -0.2) is 12.6 Å². The van der Waals surface area contributed by atoms with Crippen LogP contribution in [0, 0.1) is 11.6 Å². The molecule has 0 aromatic heterocycles. The Labute approximate surface area is 101 Å². The Balaban J connectivity index is 2.08. The molecule has 2 unspecified atom stereocenters. The van der Waals surface area contributed by atoms with E-state index in [-0.39, 0.29) is 0 Å². The molecule has 0 heterocycles. The summed E-state index contributed by atoms with van der Waals surface area (Å²) in [5.41, 5.74) is 0.937. The summed E-state index contributed by atoms with van der Waals surface area (Å²) < 4.78 is 26.1. The summed E-state index contributed by atoms with van der Waals surface area (Å²) >= 11 is 0. The van der Waals surface area contributed by atoms with Crippen molar-refractivity contribution in [3.8, 4) is 0 Å². The predicted molar refractivity (Wildman–Crippen MR) is 65.0 cm³/mol. The van der Waals surface area contributed by atoms with E-state index >= 15 is 0 Å². The third-order valence-corrected chi connectivity index (χ3v) is 3.58. The van der Waals surface area contributed by atoms with Gasteiger partial charge in [-0.05, 0) is 49.4 Å². The van der Waals surface area contributed by atoms with Crippen molar-refractivity contribution < 1.29 is 8.78 Å². The molecular weight excluding hydrogens is 220 g/mol. The van der Waals surface area contributed by atoms with E-state index < -0.39 is 11.6 Å². The summed E-state index contributed by atoms with van der Waals surface area (Å²) in [7, 11) is 0. The van der Waals surface area contributed by atoms with E-state index in [0.29, 0.717) is 12.0 Å². The van der Waals surface area contributed by atoms with E-state index in [2.05, 4.69) is 12.2 Å². The standard InChI is InChI=1S/C14H19F2N/c1-2-17-12-5-3-4-10(8-12)11-6-7-13(15)14(16)9-11/h6-7,9-10,12,17H,2-5,8H2,1H3. The third kappa shape index (κ3) is 3.03. The molecule has 1 aliphatic rings. The molecule has 0 saturated heterocycles. The highest BCUT2D eigenvalue weighted by molar-refractivity contribution is 5.22. The van der Waals surface area contributed by atoms with Gasteiger partial charge in [0, 0.05) is 6.04 Å². The van der Waals surface area contributed by atoms with Crippen LogP contribution in [0.3, 0.4) is 0 Å². The lowest BCUT2D eigenvalue weighted by Crippen LogP contribution is -2.33. The summed E-state index contributed by atoms with van der Waals surface area (Å²) in [5.74, 6) is -1.12. The molecule has 1 fully saturated rings. The summed E-state index contributed by atoms with van der Waals surface area (Å²) in [4.78, 5) is 0. The molecular formula is C14H19F2N. The molecule has 2 rings (SSSR count). The third-order valence-electron chi connectivity index (χ3n) is 3.58. The first-order chi connectivity index (χ1) is 8.20. The first-order valence-corrected chi connectivity index (χ1v) is 6.39. The van der Waals surface area contributed by atoms with Gasteiger partial charge in [-0.3, -0.25) is 0 Å². The molecule has 17 heavy (non-hydrogen) atoms. The SMILES string of the molecule is CCNC1CCCC(c2ccc(F)c(F)c2)C1. The first-order valence-electron chi connectivity index (χ1n) is 6.39. The van der Waals surface area contributed by atoms with Gasteiger partial charge in [-0.1, -0.05) is 19.4 Å². The smallest absolute Gasteiger partial charge is 0.159 e. The first kappa shape index (κ1) is 12.5. The van der Waals surface area contributed by atoms with Gasteiger partial charge in [-0.15, -0.1) is 0 Å². The molecule has 0 spiro atoms. The minimum absolute atomic E-state index is 0.364. The number of benzene rings is 1. The fraction of sp³-hybridized carbons (Fsp3) is 0.571. The van der Waals surface area contributed by atoms with Crippen LogP contribution in [-0.2, 0) is 0 Å². The van der Waals surface area contributed by atoms with Crippen molar-refractivity contribution in [1.82, 2.24) is 5.32 Å². The van der Waals surface area contributed by atoms with Crippen molar-refractivity contribution in [1.29, 1.82) is 0 Å². The number of rotatable bonds is 3. The normalized spacial score (nSPS) is 24.9. The molecule has 0 amide bonds. The molecule has 1 aliphatic carbocycles. The van der Waals surface area contributed by atoms with Gasteiger partial charge in [-0.25, -0.2) is 8.78 Å². The van der Waals surface area contributed by atoms with Crippen LogP contribution in [0.1, 0.15) is 44.1 Å². The molecule has 1 N–H and O–H groups in total. The summed E-state index contributed by atoms with van der Waals surface area (Å²) in [6, 6.07) is 4.83. The average molecular weight is 239 g/mol. The Morgan fingerprint density at radius 1 is 1.24 bits per heavy atom. The van der Waals surface area contributed by atoms with Crippen molar-refractivity contribution in [2.45, 2.75) is 44.6 Å². The van der Waals surface area contributed by atoms with E-state index in [0.717, 1.165) is 31.4 Å². The second kappa shape index (κ2) is 5.58. The maximum atomic E-state index is 13.2. The Morgan fingerprint density at radius 2 is 2.06 bits per heavy atom. The van der Waals surface area contributed by atoms with E-state index in [1.54, 1.807) is 6.07 Å². The molecule has 3 heteroatoms. The Hall–Kier alpha value is -0.960. The van der Waals surface area contributed by atoms with Gasteiger partial charge in [-0.2, -0.15) is 0 Å². The minimum atomic E-state index is -0.757. The summed E-state index contributed by atoms with van der Waals surface area (Å²) in [6.07, 6.45) is 4.45. The molecule has 0 bridgehead atoms. The van der Waals surface area contributed by atoms with Gasteiger partial charge < -0.3 is 5.32 Å². The molecule has 2 atom stereocenters. The van der Waals surface area contributed by atoms with Crippen LogP contribution < -0.4 is 5.32 Å². The van der Waals surface area contributed by atoms with Crippen LogP contribution >= 0.6 is 0 Å². The maximum Gasteiger partial charge on any atom is 0.159 e. The fourth-order valence-corrected chi connectivity index (χ4v) is 2.73. The van der Waals surface area contributed by atoms with Crippen LogP contribution in [0.15, 0.2) is 18.2 Å². The van der Waals surface area contributed by atoms with Crippen molar-refractivity contribution in [3.05, 3.63) is 35.4 Å². The molecule has 1 aromatic rings. The van der Waals surface area contributed by atoms with Crippen molar-refractivity contribution in [3.63, 3.8) is 0 Å². The number of hydrogen-bond donors (Lipinski definition) is 1. The summed E-state index contributed by atoms with van der Waals surface area (Å²) in [6.45, 7) is 3.07. The highest BCUT2D eigenvalue weighted by Gasteiger charge is 2.23. The van der Waals surface area contributed by atoms with Crippen molar-refractivity contribution in [2.24, 2.45) is 0 Å². The van der Waals surface area contributed by atoms with Gasteiger partial charge >= 0.3 is 0 Å². The second-order valence-electron chi connectivity index (χ2n) is 4.79. The Bertz CT molecular complexity index is 376. The molecule has 1 saturated carbocycles. The lowest BCUT2D eigenvalue weighted by Gasteiger charge is -2.30. The highest BCUT2D eigenvalue weighted by atomic mass is 19.2. The van der Waals surface area contributed by atoms with Gasteiger partial charge in [0.2, 0.25) is 0 Å². The number of nitrogens with one attached hydrogen (secondary N) is 1. The highest BCUT2D eigenvalue weighted by Crippen LogP contribution is 2.33. The van der Waals surface area contributed by atoms with Gasteiger partial charge in [0.25, 0.3) is 0 Å². The quantitative estimate of drug-likeness (QED) is 0.849. The molecule has 1 aromatic carbocycles. The summed E-state index contributed by atoms with van der Waals surface area (Å²) in [5, 5.41) is 3.44. The number of halogens is 2. The zero-order valence-corrected chi connectivity index (χ0v) is 10.2. The molecule has 1 nitrogen and oxygen atoms in total. The van der Waals surface area contributed by atoms with Crippen molar-refractivity contribution >= 4 is 0 Å². The molecule has 0 aliphatic heterocycles. The molecule has 0 radical (unpaired) electrons. The van der Waals surface area contributed by atoms with E-state index in [4.69, 9.17) is 0 Å². The van der Waals surface area contributed by atoms with Gasteiger partial charge in [0.15, 0.2) is 11.6 Å². The monoisotopic (exact) mass is 239 g/mol. The van der Waals surface area contributed by atoms with Crippen LogP contribution in [0.5, 0.6) is 0 Å². The Kier molecular flexibility index (Phi) is 4.11. The zero-order valence-electron chi connectivity index (χ0n) is 10.2. The topological polar surface area (TPSA) is 12.0 Å². The lowest BCUT2D eigenvalue weighted by molar-refractivity contribution is 0.343. The number of hydrogen-bond acceptors (Lipinski definition) is 1. The van der Waals surface area contributed by atoms with Gasteiger partial charge in [0.05, 0.1) is 0 Å². The minimum Gasteiger partial charge on any atom is -0.314 e. The van der Waals surface area contributed by atoms with Crippen molar-refractivity contribution in [2.75, 3.05) is 6.54 Å². The second-order valence-corrected chi connectivity index (χ2v) is 4.79. The maximum absolute atomic E-state index is 13.2. The fourth-order valence-electron chi connectivity index (χ4n) is 2.73. The van der Waals surface area contributed by atoms with Crippen LogP contribution in [0.4, 0.5) is 8.78 Å². The van der Waals surface area contributed by atoms with Crippen LogP contribution in [0.2, 0.25) is 0 Å². The largest absolute Gasteiger partial charge is 0.314 e. The Morgan fingerprint density at radius 3 is 2.76 bits per heavy atom. The molecule has 94 valence electrons. The average Bonchev–Trinajstić information content (AvgIpc) is 2.33. The van der Waals surface area contributed by atoms with E-state index in [1.807, 2.05) is 0 Å². The predicted octanol–water partition coefficient (Wildman–Crippen LogP) is 3.60. The zero-order chi connectivity index (χ0) is 12.3.